The first-order chi connectivity index (χ1) is 21.2. The number of carbonyl (C=O) groups is 3. The lowest BCUT2D eigenvalue weighted by atomic mass is 9.89. The van der Waals surface area contributed by atoms with Gasteiger partial charge in [0.25, 0.3) is 0 Å². The summed E-state index contributed by atoms with van der Waals surface area (Å²) in [7, 11) is 1.67. The number of methoxy groups -OCH3 is 1. The van der Waals surface area contributed by atoms with Crippen LogP contribution >= 0.6 is 0 Å². The molecule has 2 aliphatic rings. The quantitative estimate of drug-likeness (QED) is 0.243. The van der Waals surface area contributed by atoms with Gasteiger partial charge in [-0.3, -0.25) is 14.2 Å². The summed E-state index contributed by atoms with van der Waals surface area (Å²) in [5.41, 5.74) is 1.96. The van der Waals surface area contributed by atoms with Crippen molar-refractivity contribution < 1.29 is 33.7 Å². The number of benzene rings is 1. The highest BCUT2D eigenvalue weighted by Gasteiger charge is 2.39. The van der Waals surface area contributed by atoms with E-state index in [0.29, 0.717) is 64.1 Å². The topological polar surface area (TPSA) is 135 Å². The number of morpholine rings is 1. The van der Waals surface area contributed by atoms with Gasteiger partial charge in [0.2, 0.25) is 5.91 Å². The lowest BCUT2D eigenvalue weighted by Gasteiger charge is -2.40. The molecule has 2 fully saturated rings. The number of ketones is 1. The number of para-hydroxylation sites is 1. The van der Waals surface area contributed by atoms with E-state index in [2.05, 4.69) is 5.32 Å². The molecule has 44 heavy (non-hydrogen) atoms. The van der Waals surface area contributed by atoms with Crippen LogP contribution < -0.4 is 10.1 Å². The number of carboxylic acid groups (broad SMARTS) is 1. The second-order valence-corrected chi connectivity index (χ2v) is 11.8. The molecule has 2 saturated heterocycles. The molecule has 1 aromatic carbocycles. The molecule has 3 heterocycles. The third-order valence-corrected chi connectivity index (χ3v) is 8.23. The van der Waals surface area contributed by atoms with E-state index in [1.54, 1.807) is 12.0 Å². The van der Waals surface area contributed by atoms with Crippen molar-refractivity contribution in [3.63, 3.8) is 0 Å². The van der Waals surface area contributed by atoms with Crippen LogP contribution in [0.1, 0.15) is 56.2 Å². The molecular weight excluding hydrogens is 566 g/mol. The molecule has 12 nitrogen and oxygen atoms in total. The molecule has 0 spiro atoms. The zero-order valence-corrected chi connectivity index (χ0v) is 26.4. The van der Waals surface area contributed by atoms with Crippen molar-refractivity contribution >= 4 is 17.8 Å². The van der Waals surface area contributed by atoms with Gasteiger partial charge < -0.3 is 34.4 Å². The summed E-state index contributed by atoms with van der Waals surface area (Å²) in [4.78, 5) is 47.7. The molecule has 2 aliphatic heterocycles. The standard InChI is InChI=1S/C32H47N5O7/c1-5-44-31-34-28(26(13-9-10-16-42-4)37(31)25-11-7-6-8-12-25)29(38)27(22(2)3)33-24-19-23(20-36(21-24)32(40)41)30(39)35-14-17-43-18-15-35/h6-8,11-12,22-24,27,33H,5,9-10,13-21H2,1-4H3,(H,40,41)/t23-,24+,27?/m1/s1. The molecule has 4 rings (SSSR count). The van der Waals surface area contributed by atoms with Gasteiger partial charge in [-0.1, -0.05) is 32.0 Å². The molecule has 0 bridgehead atoms. The zero-order valence-electron chi connectivity index (χ0n) is 26.4. The monoisotopic (exact) mass is 613 g/mol. The minimum absolute atomic E-state index is 0.0696. The molecule has 2 aromatic rings. The molecule has 12 heteroatoms. The molecule has 0 aliphatic carbocycles. The van der Waals surface area contributed by atoms with E-state index in [0.717, 1.165) is 24.2 Å². The number of nitrogens with zero attached hydrogens (tertiary/aromatic N) is 4. The molecule has 1 unspecified atom stereocenters. The van der Waals surface area contributed by atoms with Gasteiger partial charge in [-0.05, 0) is 50.7 Å². The Morgan fingerprint density at radius 2 is 1.82 bits per heavy atom. The van der Waals surface area contributed by atoms with Crippen molar-refractivity contribution in [1.82, 2.24) is 24.7 Å². The number of carbonyl (C=O) groups excluding carboxylic acids is 2. The van der Waals surface area contributed by atoms with E-state index in [1.807, 2.05) is 55.7 Å². The number of ether oxygens (including phenoxy) is 3. The first-order valence-electron chi connectivity index (χ1n) is 15.7. The van der Waals surface area contributed by atoms with Gasteiger partial charge in [-0.25, -0.2) is 4.79 Å². The van der Waals surface area contributed by atoms with E-state index in [1.165, 1.54) is 4.90 Å². The second-order valence-electron chi connectivity index (χ2n) is 11.8. The number of hydrogen-bond acceptors (Lipinski definition) is 8. The summed E-state index contributed by atoms with van der Waals surface area (Å²) >= 11 is 0. The normalized spacial score (nSPS) is 19.7. The molecule has 0 saturated carbocycles. The minimum Gasteiger partial charge on any atom is -0.465 e. The number of amides is 2. The molecule has 2 N–H and O–H groups in total. The lowest BCUT2D eigenvalue weighted by molar-refractivity contribution is -0.141. The number of Topliss-reactive ketones (excluding diaryl/α,β-unsaturated/α-hetero) is 1. The summed E-state index contributed by atoms with van der Waals surface area (Å²) in [5, 5.41) is 13.4. The van der Waals surface area contributed by atoms with Crippen LogP contribution in [-0.2, 0) is 20.7 Å². The van der Waals surface area contributed by atoms with Crippen LogP contribution in [0.3, 0.4) is 0 Å². The largest absolute Gasteiger partial charge is 0.465 e. The highest BCUT2D eigenvalue weighted by atomic mass is 16.5. The molecular formula is C32H47N5O7. The predicted octanol–water partition coefficient (Wildman–Crippen LogP) is 3.26. The van der Waals surface area contributed by atoms with Crippen molar-refractivity contribution in [2.24, 2.45) is 11.8 Å². The maximum absolute atomic E-state index is 14.4. The number of hydrogen-bond donors (Lipinski definition) is 2. The Morgan fingerprint density at radius 3 is 2.45 bits per heavy atom. The molecule has 0 radical (unpaired) electrons. The van der Waals surface area contributed by atoms with Crippen molar-refractivity contribution in [3.05, 3.63) is 41.7 Å². The van der Waals surface area contributed by atoms with Gasteiger partial charge in [0.1, 0.15) is 5.69 Å². The number of aromatic nitrogens is 2. The molecule has 242 valence electrons. The van der Waals surface area contributed by atoms with Gasteiger partial charge in [-0.2, -0.15) is 4.98 Å². The Bertz CT molecular complexity index is 1250. The maximum Gasteiger partial charge on any atom is 0.407 e. The van der Waals surface area contributed by atoms with Gasteiger partial charge >= 0.3 is 12.1 Å². The smallest absolute Gasteiger partial charge is 0.407 e. The average Bonchev–Trinajstić information content (AvgIpc) is 3.39. The summed E-state index contributed by atoms with van der Waals surface area (Å²) < 4.78 is 18.5. The van der Waals surface area contributed by atoms with E-state index < -0.39 is 18.1 Å². The number of rotatable bonds is 14. The highest BCUT2D eigenvalue weighted by molar-refractivity contribution is 6.00. The Labute approximate surface area is 259 Å². The summed E-state index contributed by atoms with van der Waals surface area (Å²) in [5.74, 6) is -0.882. The van der Waals surface area contributed by atoms with Crippen LogP contribution in [-0.4, -0.2) is 114 Å². The number of likely N-dealkylation sites (tertiary alicyclic amines) is 1. The van der Waals surface area contributed by atoms with Crippen molar-refractivity contribution in [2.45, 2.75) is 58.5 Å². The minimum atomic E-state index is -1.08. The van der Waals surface area contributed by atoms with Gasteiger partial charge in [0.05, 0.1) is 43.2 Å². The molecule has 3 atom stereocenters. The fraction of sp³-hybridized carbons (Fsp3) is 0.625. The zero-order chi connectivity index (χ0) is 31.6. The number of imidazole rings is 1. The fourth-order valence-electron chi connectivity index (χ4n) is 6.04. The average molecular weight is 614 g/mol. The van der Waals surface area contributed by atoms with Crippen LogP contribution in [0.2, 0.25) is 0 Å². The molecule has 1 aromatic heterocycles. The van der Waals surface area contributed by atoms with Crippen LogP contribution in [0.5, 0.6) is 6.01 Å². The summed E-state index contributed by atoms with van der Waals surface area (Å²) in [6.45, 7) is 9.05. The van der Waals surface area contributed by atoms with Crippen LogP contribution in [0, 0.1) is 11.8 Å². The Morgan fingerprint density at radius 1 is 1.09 bits per heavy atom. The number of nitrogens with one attached hydrogen (secondary N) is 1. The van der Waals surface area contributed by atoms with E-state index in [4.69, 9.17) is 19.2 Å². The van der Waals surface area contributed by atoms with Crippen LogP contribution in [0.25, 0.3) is 5.69 Å². The SMILES string of the molecule is CCOc1nc(C(=O)C(N[C@H]2C[C@@H](C(=O)N3CCOCC3)CN(C(=O)O)C2)C(C)C)c(CCCCOC)n1-c1ccccc1. The molecule has 2 amide bonds. The van der Waals surface area contributed by atoms with E-state index in [-0.39, 0.29) is 36.7 Å². The van der Waals surface area contributed by atoms with Gasteiger partial charge in [0.15, 0.2) is 5.78 Å². The Hall–Kier alpha value is -3.48. The lowest BCUT2D eigenvalue weighted by Crippen LogP contribution is -2.58. The fourth-order valence-corrected chi connectivity index (χ4v) is 6.04. The summed E-state index contributed by atoms with van der Waals surface area (Å²) in [6, 6.07) is 9.05. The first-order valence-corrected chi connectivity index (χ1v) is 15.7. The first kappa shape index (κ1) is 33.4. The maximum atomic E-state index is 14.4. The van der Waals surface area contributed by atoms with Crippen LogP contribution in [0.15, 0.2) is 30.3 Å². The highest BCUT2D eigenvalue weighted by Crippen LogP contribution is 2.28. The predicted molar refractivity (Wildman–Crippen MR) is 165 cm³/mol. The second kappa shape index (κ2) is 16.0. The summed E-state index contributed by atoms with van der Waals surface area (Å²) in [6.07, 6.45) is 1.56. The van der Waals surface area contributed by atoms with Crippen molar-refractivity contribution in [3.8, 4) is 11.7 Å². The third-order valence-electron chi connectivity index (χ3n) is 8.23. The number of unbranched alkanes of at least 4 members (excludes halogenated alkanes) is 1. The Balaban J connectivity index is 1.64. The van der Waals surface area contributed by atoms with Crippen molar-refractivity contribution in [1.29, 1.82) is 0 Å². The van der Waals surface area contributed by atoms with E-state index >= 15 is 0 Å². The van der Waals surface area contributed by atoms with E-state index in [9.17, 15) is 19.5 Å². The van der Waals surface area contributed by atoms with Gasteiger partial charge in [-0.15, -0.1) is 0 Å². The van der Waals surface area contributed by atoms with Gasteiger partial charge in [0, 0.05) is 45.9 Å². The Kier molecular flexibility index (Phi) is 12.2. The van der Waals surface area contributed by atoms with Crippen molar-refractivity contribution in [2.75, 3.05) is 59.7 Å². The van der Waals surface area contributed by atoms with Crippen LogP contribution in [0.4, 0.5) is 4.79 Å². The third kappa shape index (κ3) is 8.16. The number of piperidine rings is 1.